The molecule has 0 spiro atoms. The number of ether oxygens (including phenoxy) is 2. The molecular weight excluding hydrogens is 512 g/mol. The zero-order valence-corrected chi connectivity index (χ0v) is 22.7. The maximum Gasteiger partial charge on any atom is 0.253 e. The lowest BCUT2D eigenvalue weighted by atomic mass is 10.1. The van der Waals surface area contributed by atoms with Gasteiger partial charge in [-0.05, 0) is 62.8 Å². The fourth-order valence-electron chi connectivity index (χ4n) is 4.79. The average molecular weight is 551 g/mol. The molecule has 4 rings (SSSR count). The summed E-state index contributed by atoms with van der Waals surface area (Å²) in [6.45, 7) is 2.31. The Morgan fingerprint density at radius 2 is 1.07 bits per heavy atom. The molecular formula is C30H38N4O6. The number of rotatable bonds is 13. The van der Waals surface area contributed by atoms with Gasteiger partial charge in [0.15, 0.2) is 0 Å². The molecule has 40 heavy (non-hydrogen) atoms. The van der Waals surface area contributed by atoms with Crippen LogP contribution in [0.3, 0.4) is 0 Å². The van der Waals surface area contributed by atoms with Crippen molar-refractivity contribution in [2.75, 3.05) is 36.9 Å². The molecule has 2 aliphatic heterocycles. The van der Waals surface area contributed by atoms with Crippen LogP contribution < -0.4 is 21.3 Å². The summed E-state index contributed by atoms with van der Waals surface area (Å²) < 4.78 is 11.1. The number of para-hydroxylation sites is 2. The molecule has 0 aliphatic carbocycles. The standard InChI is InChI=1S/C30H38N4O6/c35-27(33-25-13-3-1-11-23(25)29(37)31-19-21-9-7-17-39-21)15-5-6-16-28(36)34-26-14-4-2-12-24(26)30(38)32-20-22-10-8-18-40-22/h1-4,11-14,21-22H,5-10,15-20H2,(H,31,37)(H,32,38)(H,33,35)(H,34,36). The summed E-state index contributed by atoms with van der Waals surface area (Å²) in [6, 6.07) is 13.8. The third-order valence-corrected chi connectivity index (χ3v) is 6.98. The fraction of sp³-hybridized carbons (Fsp3) is 0.467. The van der Waals surface area contributed by atoms with E-state index < -0.39 is 0 Å². The molecule has 2 fully saturated rings. The minimum atomic E-state index is -0.260. The minimum absolute atomic E-state index is 0.0326. The lowest BCUT2D eigenvalue weighted by Crippen LogP contribution is -2.32. The van der Waals surface area contributed by atoms with Crippen LogP contribution >= 0.6 is 0 Å². The lowest BCUT2D eigenvalue weighted by molar-refractivity contribution is -0.118. The fourth-order valence-corrected chi connectivity index (χ4v) is 4.79. The van der Waals surface area contributed by atoms with E-state index in [-0.39, 0.29) is 48.7 Å². The molecule has 4 N–H and O–H groups in total. The summed E-state index contributed by atoms with van der Waals surface area (Å²) in [5.41, 5.74) is 1.69. The van der Waals surface area contributed by atoms with Crippen LogP contribution in [-0.2, 0) is 19.1 Å². The Bertz CT molecular complexity index is 1080. The van der Waals surface area contributed by atoms with E-state index in [0.717, 1.165) is 38.9 Å². The van der Waals surface area contributed by atoms with Crippen LogP contribution in [-0.4, -0.2) is 62.1 Å². The number of anilines is 2. The summed E-state index contributed by atoms with van der Waals surface area (Å²) >= 11 is 0. The third-order valence-electron chi connectivity index (χ3n) is 6.98. The normalized spacial score (nSPS) is 18.2. The third kappa shape index (κ3) is 8.89. The van der Waals surface area contributed by atoms with E-state index in [4.69, 9.17) is 9.47 Å². The number of carbonyl (C=O) groups is 4. The first-order chi connectivity index (χ1) is 19.5. The van der Waals surface area contributed by atoms with E-state index in [2.05, 4.69) is 21.3 Å². The molecule has 2 unspecified atom stereocenters. The van der Waals surface area contributed by atoms with Gasteiger partial charge in [-0.2, -0.15) is 0 Å². The van der Waals surface area contributed by atoms with Gasteiger partial charge in [-0.3, -0.25) is 19.2 Å². The van der Waals surface area contributed by atoms with Gasteiger partial charge in [0.1, 0.15) is 0 Å². The van der Waals surface area contributed by atoms with Crippen molar-refractivity contribution < 1.29 is 28.7 Å². The van der Waals surface area contributed by atoms with Crippen LogP contribution in [0, 0.1) is 0 Å². The van der Waals surface area contributed by atoms with E-state index >= 15 is 0 Å². The van der Waals surface area contributed by atoms with Gasteiger partial charge in [0.25, 0.3) is 11.8 Å². The second-order valence-electron chi connectivity index (χ2n) is 10.1. The van der Waals surface area contributed by atoms with Crippen molar-refractivity contribution in [3.05, 3.63) is 59.7 Å². The second-order valence-corrected chi connectivity index (χ2v) is 10.1. The molecule has 2 atom stereocenters. The van der Waals surface area contributed by atoms with Gasteiger partial charge in [0, 0.05) is 39.1 Å². The van der Waals surface area contributed by atoms with Crippen molar-refractivity contribution in [2.24, 2.45) is 0 Å². The van der Waals surface area contributed by atoms with Crippen molar-refractivity contribution in [1.82, 2.24) is 10.6 Å². The minimum Gasteiger partial charge on any atom is -0.376 e. The summed E-state index contributed by atoms with van der Waals surface area (Å²) in [7, 11) is 0. The van der Waals surface area contributed by atoms with E-state index in [0.29, 0.717) is 48.4 Å². The van der Waals surface area contributed by atoms with Crippen LogP contribution in [0.2, 0.25) is 0 Å². The maximum atomic E-state index is 12.7. The summed E-state index contributed by atoms with van der Waals surface area (Å²) in [5.74, 6) is -0.978. The summed E-state index contributed by atoms with van der Waals surface area (Å²) in [6.07, 6.45) is 5.32. The van der Waals surface area contributed by atoms with Crippen LogP contribution in [0.4, 0.5) is 11.4 Å². The smallest absolute Gasteiger partial charge is 0.253 e. The van der Waals surface area contributed by atoms with Gasteiger partial charge in [-0.1, -0.05) is 24.3 Å². The topological polar surface area (TPSA) is 135 Å². The van der Waals surface area contributed by atoms with E-state index in [1.54, 1.807) is 48.5 Å². The second kappa shape index (κ2) is 15.1. The van der Waals surface area contributed by atoms with E-state index in [1.807, 2.05) is 0 Å². The van der Waals surface area contributed by atoms with Gasteiger partial charge in [-0.25, -0.2) is 0 Å². The van der Waals surface area contributed by atoms with Crippen molar-refractivity contribution in [3.8, 4) is 0 Å². The molecule has 10 nitrogen and oxygen atoms in total. The first-order valence-electron chi connectivity index (χ1n) is 14.1. The Labute approximate surface area is 234 Å². The summed E-state index contributed by atoms with van der Waals surface area (Å²) in [5, 5.41) is 11.4. The van der Waals surface area contributed by atoms with E-state index in [9.17, 15) is 19.2 Å². The Kier molecular flexibility index (Phi) is 11.1. The molecule has 0 bridgehead atoms. The van der Waals surface area contributed by atoms with Gasteiger partial charge >= 0.3 is 0 Å². The first kappa shape index (κ1) is 29.2. The maximum absolute atomic E-state index is 12.7. The lowest BCUT2D eigenvalue weighted by Gasteiger charge is -2.14. The number of hydrogen-bond acceptors (Lipinski definition) is 6. The highest BCUT2D eigenvalue weighted by Gasteiger charge is 2.20. The molecule has 2 saturated heterocycles. The number of carbonyl (C=O) groups excluding carboxylic acids is 4. The Morgan fingerprint density at radius 1 is 0.650 bits per heavy atom. The number of benzene rings is 2. The molecule has 2 aromatic rings. The first-order valence-corrected chi connectivity index (χ1v) is 14.1. The molecule has 0 radical (unpaired) electrons. The van der Waals surface area contributed by atoms with Crippen LogP contribution in [0.5, 0.6) is 0 Å². The Hall–Kier alpha value is -3.76. The highest BCUT2D eigenvalue weighted by Crippen LogP contribution is 2.19. The van der Waals surface area contributed by atoms with Crippen LogP contribution in [0.1, 0.15) is 72.1 Å². The van der Waals surface area contributed by atoms with Gasteiger partial charge in [-0.15, -0.1) is 0 Å². The van der Waals surface area contributed by atoms with Crippen LogP contribution in [0.15, 0.2) is 48.5 Å². The molecule has 214 valence electrons. The SMILES string of the molecule is O=C(CCCCC(=O)Nc1ccccc1C(=O)NCC1CCCO1)Nc1ccccc1C(=O)NCC1CCCO1. The number of hydrogen-bond donors (Lipinski definition) is 4. The predicted molar refractivity (Wildman–Crippen MR) is 151 cm³/mol. The number of unbranched alkanes of at least 4 members (excludes halogenated alkanes) is 1. The largest absolute Gasteiger partial charge is 0.376 e. The monoisotopic (exact) mass is 550 g/mol. The van der Waals surface area contributed by atoms with Crippen molar-refractivity contribution >= 4 is 35.0 Å². The number of nitrogens with one attached hydrogen (secondary N) is 4. The quantitative estimate of drug-likeness (QED) is 0.281. The molecule has 0 aromatic heterocycles. The zero-order valence-electron chi connectivity index (χ0n) is 22.7. The highest BCUT2D eigenvalue weighted by atomic mass is 16.5. The van der Waals surface area contributed by atoms with Crippen molar-refractivity contribution in [2.45, 2.75) is 63.6 Å². The zero-order chi connectivity index (χ0) is 28.2. The van der Waals surface area contributed by atoms with Gasteiger partial charge in [0.05, 0.1) is 34.7 Å². The van der Waals surface area contributed by atoms with E-state index in [1.165, 1.54) is 0 Å². The van der Waals surface area contributed by atoms with Crippen molar-refractivity contribution in [3.63, 3.8) is 0 Å². The molecule has 2 aromatic carbocycles. The van der Waals surface area contributed by atoms with Crippen LogP contribution in [0.25, 0.3) is 0 Å². The Balaban J connectivity index is 1.18. The van der Waals surface area contributed by atoms with Gasteiger partial charge < -0.3 is 30.7 Å². The summed E-state index contributed by atoms with van der Waals surface area (Å²) in [4.78, 5) is 50.4. The molecule has 2 heterocycles. The van der Waals surface area contributed by atoms with Gasteiger partial charge in [0.2, 0.25) is 11.8 Å². The Morgan fingerprint density at radius 3 is 1.48 bits per heavy atom. The molecule has 10 heteroatoms. The van der Waals surface area contributed by atoms with Crippen molar-refractivity contribution in [1.29, 1.82) is 0 Å². The molecule has 4 amide bonds. The average Bonchev–Trinajstić information content (AvgIpc) is 3.68. The number of amides is 4. The molecule has 2 aliphatic rings. The molecule has 0 saturated carbocycles. The highest BCUT2D eigenvalue weighted by molar-refractivity contribution is 6.04. The predicted octanol–water partition coefficient (Wildman–Crippen LogP) is 3.64.